The molecule has 0 spiro atoms. The molecule has 1 heterocycles. The minimum absolute atomic E-state index is 0.00470. The van der Waals surface area contributed by atoms with Crippen molar-refractivity contribution in [3.63, 3.8) is 0 Å². The number of hydrogen-bond acceptors (Lipinski definition) is 3. The second kappa shape index (κ2) is 6.09. The van der Waals surface area contributed by atoms with Gasteiger partial charge in [-0.25, -0.2) is 4.79 Å². The predicted molar refractivity (Wildman–Crippen MR) is 95.9 cm³/mol. The lowest BCUT2D eigenvalue weighted by molar-refractivity contribution is -0.139. The van der Waals surface area contributed by atoms with E-state index >= 15 is 0 Å². The van der Waals surface area contributed by atoms with Crippen molar-refractivity contribution in [2.45, 2.75) is 18.4 Å². The van der Waals surface area contributed by atoms with Crippen LogP contribution in [0, 0.1) is 5.92 Å². The second-order valence-electron chi connectivity index (χ2n) is 6.44. The van der Waals surface area contributed by atoms with Gasteiger partial charge in [0.2, 0.25) is 0 Å². The number of rotatable bonds is 3. The number of hydrogen-bond donors (Lipinski definition) is 3. The van der Waals surface area contributed by atoms with E-state index in [4.69, 9.17) is 0 Å². The third-order valence-electron chi connectivity index (χ3n) is 4.92. The Morgan fingerprint density at radius 1 is 1.12 bits per heavy atom. The lowest BCUT2D eigenvalue weighted by Crippen LogP contribution is -2.41. The van der Waals surface area contributed by atoms with E-state index < -0.39 is 12.0 Å². The number of nitrogens with one attached hydrogen (secondary N) is 2. The van der Waals surface area contributed by atoms with E-state index in [1.807, 2.05) is 36.4 Å². The third kappa shape index (κ3) is 2.78. The van der Waals surface area contributed by atoms with Crippen molar-refractivity contribution in [2.75, 3.05) is 10.6 Å². The molecule has 5 nitrogen and oxygen atoms in total. The molecule has 0 radical (unpaired) electrons. The van der Waals surface area contributed by atoms with Crippen molar-refractivity contribution in [2.24, 2.45) is 5.92 Å². The molecule has 2 aromatic carbocycles. The van der Waals surface area contributed by atoms with Crippen molar-refractivity contribution < 1.29 is 14.7 Å². The highest BCUT2D eigenvalue weighted by Gasteiger charge is 2.40. The Hall–Kier alpha value is -3.08. The summed E-state index contributed by atoms with van der Waals surface area (Å²) in [5.41, 5.74) is 3.16. The fourth-order valence-electron chi connectivity index (χ4n) is 3.71. The average Bonchev–Trinajstić information content (AvgIpc) is 3.11. The van der Waals surface area contributed by atoms with Gasteiger partial charge in [0, 0.05) is 28.8 Å². The van der Waals surface area contributed by atoms with Crippen LogP contribution in [0.25, 0.3) is 0 Å². The smallest absolute Gasteiger partial charge is 0.326 e. The van der Waals surface area contributed by atoms with E-state index in [0.717, 1.165) is 17.7 Å². The maximum Gasteiger partial charge on any atom is 0.326 e. The normalized spacial score (nSPS) is 23.3. The minimum Gasteiger partial charge on any atom is -0.480 e. The van der Waals surface area contributed by atoms with Gasteiger partial charge >= 0.3 is 5.97 Å². The first-order valence-corrected chi connectivity index (χ1v) is 8.30. The molecular weight excluding hydrogens is 316 g/mol. The summed E-state index contributed by atoms with van der Waals surface area (Å²) in [7, 11) is 0. The van der Waals surface area contributed by atoms with E-state index in [1.54, 1.807) is 18.2 Å². The molecule has 4 rings (SSSR count). The van der Waals surface area contributed by atoms with Crippen molar-refractivity contribution in [1.29, 1.82) is 0 Å². The van der Waals surface area contributed by atoms with Gasteiger partial charge in [-0.05, 0) is 42.3 Å². The molecule has 0 saturated heterocycles. The maximum absolute atomic E-state index is 12.3. The van der Waals surface area contributed by atoms with Gasteiger partial charge in [0.1, 0.15) is 6.04 Å². The van der Waals surface area contributed by atoms with E-state index in [0.29, 0.717) is 11.3 Å². The van der Waals surface area contributed by atoms with Crippen molar-refractivity contribution in [1.82, 2.24) is 0 Å². The van der Waals surface area contributed by atoms with Crippen LogP contribution in [0.4, 0.5) is 11.4 Å². The van der Waals surface area contributed by atoms with Gasteiger partial charge in [-0.3, -0.25) is 4.79 Å². The molecular formula is C20H18N2O3. The monoisotopic (exact) mass is 334 g/mol. The molecule has 0 aromatic heterocycles. The number of benzene rings is 2. The Morgan fingerprint density at radius 3 is 2.68 bits per heavy atom. The molecule has 0 saturated carbocycles. The van der Waals surface area contributed by atoms with Gasteiger partial charge in [-0.1, -0.05) is 30.4 Å². The number of carboxylic acids is 1. The lowest BCUT2D eigenvalue weighted by atomic mass is 9.79. The number of amides is 1. The number of aliphatic carboxylic acids is 1. The van der Waals surface area contributed by atoms with Crippen LogP contribution < -0.4 is 10.6 Å². The highest BCUT2D eigenvalue weighted by Crippen LogP contribution is 2.45. The average molecular weight is 334 g/mol. The largest absolute Gasteiger partial charge is 0.480 e. The van der Waals surface area contributed by atoms with Crippen molar-refractivity contribution >= 4 is 23.3 Å². The SMILES string of the molecule is O=C(Nc1ccc2c(c1)C1C=CCC1C(C(=O)O)N2)c1ccccc1. The Labute approximate surface area is 145 Å². The molecule has 5 heteroatoms. The van der Waals surface area contributed by atoms with E-state index in [-0.39, 0.29) is 17.7 Å². The molecule has 1 amide bonds. The van der Waals surface area contributed by atoms with E-state index in [2.05, 4.69) is 16.7 Å². The fourth-order valence-corrected chi connectivity index (χ4v) is 3.71. The standard InChI is InChI=1S/C20H18N2O3/c23-19(12-5-2-1-3-6-12)21-13-9-10-17-16(11-13)14-7-4-8-15(14)18(22-17)20(24)25/h1-7,9-11,14-15,18,22H,8H2,(H,21,23)(H,24,25). The quantitative estimate of drug-likeness (QED) is 0.751. The number of fused-ring (bicyclic) bond motifs is 3. The maximum atomic E-state index is 12.3. The summed E-state index contributed by atoms with van der Waals surface area (Å²) >= 11 is 0. The Balaban J connectivity index is 1.62. The second-order valence-corrected chi connectivity index (χ2v) is 6.44. The summed E-state index contributed by atoms with van der Waals surface area (Å²) < 4.78 is 0. The van der Waals surface area contributed by atoms with Crippen LogP contribution in [-0.4, -0.2) is 23.0 Å². The first kappa shape index (κ1) is 15.4. The molecule has 1 aliphatic carbocycles. The molecule has 3 atom stereocenters. The Morgan fingerprint density at radius 2 is 1.92 bits per heavy atom. The predicted octanol–water partition coefficient (Wildman–Crippen LogP) is 3.48. The minimum atomic E-state index is -0.828. The highest BCUT2D eigenvalue weighted by atomic mass is 16.4. The van der Waals surface area contributed by atoms with E-state index in [9.17, 15) is 14.7 Å². The van der Waals surface area contributed by atoms with Crippen LogP contribution in [-0.2, 0) is 4.79 Å². The summed E-state index contributed by atoms with van der Waals surface area (Å²) in [4.78, 5) is 23.9. The van der Waals surface area contributed by atoms with Gasteiger partial charge in [0.15, 0.2) is 0 Å². The zero-order chi connectivity index (χ0) is 17.4. The molecule has 2 aromatic rings. The summed E-state index contributed by atoms with van der Waals surface area (Å²) in [5, 5.41) is 15.5. The van der Waals surface area contributed by atoms with Crippen LogP contribution >= 0.6 is 0 Å². The molecule has 3 N–H and O–H groups in total. The molecule has 126 valence electrons. The lowest BCUT2D eigenvalue weighted by Gasteiger charge is -2.35. The van der Waals surface area contributed by atoms with Gasteiger partial charge in [-0.15, -0.1) is 0 Å². The van der Waals surface area contributed by atoms with Gasteiger partial charge in [0.05, 0.1) is 0 Å². The number of carbonyl (C=O) groups is 2. The Kier molecular flexibility index (Phi) is 3.76. The van der Waals surface area contributed by atoms with Gasteiger partial charge in [0.25, 0.3) is 5.91 Å². The summed E-state index contributed by atoms with van der Waals surface area (Å²) in [6, 6.07) is 14.0. The molecule has 1 aliphatic heterocycles. The molecule has 0 fully saturated rings. The number of anilines is 2. The van der Waals surface area contributed by atoms with Crippen LogP contribution in [0.2, 0.25) is 0 Å². The molecule has 3 unspecified atom stereocenters. The highest BCUT2D eigenvalue weighted by molar-refractivity contribution is 6.04. The van der Waals surface area contributed by atoms with Crippen LogP contribution in [0.15, 0.2) is 60.7 Å². The third-order valence-corrected chi connectivity index (χ3v) is 4.92. The first-order chi connectivity index (χ1) is 12.1. The Bertz CT molecular complexity index is 860. The van der Waals surface area contributed by atoms with E-state index in [1.165, 1.54) is 0 Å². The number of carbonyl (C=O) groups excluding carboxylic acids is 1. The topological polar surface area (TPSA) is 78.4 Å². The van der Waals surface area contributed by atoms with Gasteiger partial charge in [-0.2, -0.15) is 0 Å². The van der Waals surface area contributed by atoms with Crippen LogP contribution in [0.5, 0.6) is 0 Å². The number of carboxylic acid groups (broad SMARTS) is 1. The fraction of sp³-hybridized carbons (Fsp3) is 0.200. The molecule has 0 bridgehead atoms. The molecule has 25 heavy (non-hydrogen) atoms. The zero-order valence-corrected chi connectivity index (χ0v) is 13.5. The summed E-state index contributed by atoms with van der Waals surface area (Å²) in [5.74, 6) is -0.923. The van der Waals surface area contributed by atoms with Gasteiger partial charge < -0.3 is 15.7 Å². The first-order valence-electron chi connectivity index (χ1n) is 8.30. The number of allylic oxidation sites excluding steroid dienone is 2. The zero-order valence-electron chi connectivity index (χ0n) is 13.5. The molecule has 2 aliphatic rings. The van der Waals surface area contributed by atoms with Crippen LogP contribution in [0.1, 0.15) is 28.3 Å². The summed E-state index contributed by atoms with van der Waals surface area (Å²) in [6.45, 7) is 0. The van der Waals surface area contributed by atoms with Crippen LogP contribution in [0.3, 0.4) is 0 Å². The summed E-state index contributed by atoms with van der Waals surface area (Å²) in [6.07, 6.45) is 4.86. The van der Waals surface area contributed by atoms with Crippen molar-refractivity contribution in [3.05, 3.63) is 71.8 Å². The van der Waals surface area contributed by atoms with Crippen molar-refractivity contribution in [3.8, 4) is 0 Å².